The molecule has 1 N–H and O–H groups in total. The lowest BCUT2D eigenvalue weighted by atomic mass is 9.97. The third-order valence-electron chi connectivity index (χ3n) is 5.01. The van der Waals surface area contributed by atoms with Gasteiger partial charge >= 0.3 is 0 Å². The number of nitrogens with zero attached hydrogens (tertiary/aromatic N) is 2. The number of carbonyl (C=O) groups is 1. The number of halogens is 1. The smallest absolute Gasteiger partial charge is 0.238 e. The molecule has 5 nitrogen and oxygen atoms in total. The van der Waals surface area contributed by atoms with E-state index in [9.17, 15) is 4.79 Å². The number of carbonyl (C=O) groups excluding carboxylic acids is 1. The van der Waals surface area contributed by atoms with Crippen molar-refractivity contribution >= 4 is 38.6 Å². The zero-order valence-corrected chi connectivity index (χ0v) is 16.8. The van der Waals surface area contributed by atoms with Gasteiger partial charge in [-0.05, 0) is 78.6 Å². The summed E-state index contributed by atoms with van der Waals surface area (Å²) < 4.78 is 6.82. The molecule has 0 radical (unpaired) electrons. The van der Waals surface area contributed by atoms with E-state index in [0.29, 0.717) is 12.5 Å². The molecule has 1 aromatic heterocycles. The van der Waals surface area contributed by atoms with E-state index in [1.807, 2.05) is 49.4 Å². The molecule has 1 aliphatic heterocycles. The number of nitrogens with one attached hydrogen (secondary N) is 1. The van der Waals surface area contributed by atoms with Crippen LogP contribution in [-0.2, 0) is 4.79 Å². The van der Waals surface area contributed by atoms with Crippen LogP contribution in [0.25, 0.3) is 11.1 Å². The van der Waals surface area contributed by atoms with Crippen molar-refractivity contribution in [1.29, 1.82) is 0 Å². The topological polar surface area (TPSA) is 58.4 Å². The van der Waals surface area contributed by atoms with Gasteiger partial charge in [-0.25, -0.2) is 4.98 Å². The summed E-state index contributed by atoms with van der Waals surface area (Å²) in [6.07, 6.45) is 1.91. The molecule has 0 bridgehead atoms. The Balaban J connectivity index is 1.31. The largest absolute Gasteiger partial charge is 0.440 e. The van der Waals surface area contributed by atoms with Gasteiger partial charge in [0.2, 0.25) is 5.91 Å². The van der Waals surface area contributed by atoms with Crippen LogP contribution in [0.15, 0.2) is 51.4 Å². The van der Waals surface area contributed by atoms with Gasteiger partial charge < -0.3 is 9.73 Å². The van der Waals surface area contributed by atoms with Crippen molar-refractivity contribution in [1.82, 2.24) is 9.88 Å². The molecule has 0 spiro atoms. The van der Waals surface area contributed by atoms with Crippen molar-refractivity contribution in [2.45, 2.75) is 25.7 Å². The first-order valence-corrected chi connectivity index (χ1v) is 10.0. The number of anilines is 1. The summed E-state index contributed by atoms with van der Waals surface area (Å²) in [5.74, 6) is 1.16. The van der Waals surface area contributed by atoms with Crippen molar-refractivity contribution in [3.63, 3.8) is 0 Å². The standard InChI is InChI=1S/C21H22BrN3O2/c1-14-6-7-17(16(22)12-14)23-20(26)13-25-10-8-15(9-11-25)21-24-18-4-2-3-5-19(18)27-21/h2-7,12,15H,8-11,13H2,1H3,(H,23,26). The first-order valence-electron chi connectivity index (χ1n) is 9.22. The van der Waals surface area contributed by atoms with E-state index in [0.717, 1.165) is 58.6 Å². The summed E-state index contributed by atoms with van der Waals surface area (Å²) in [5, 5.41) is 2.99. The number of aromatic nitrogens is 1. The molecular weight excluding hydrogens is 406 g/mol. The monoisotopic (exact) mass is 427 g/mol. The van der Waals surface area contributed by atoms with Gasteiger partial charge in [0.05, 0.1) is 12.2 Å². The second-order valence-electron chi connectivity index (χ2n) is 7.10. The Bertz CT molecular complexity index is 928. The summed E-state index contributed by atoms with van der Waals surface area (Å²) >= 11 is 3.50. The highest BCUT2D eigenvalue weighted by atomic mass is 79.9. The normalized spacial score (nSPS) is 15.9. The molecule has 140 valence electrons. The van der Waals surface area contributed by atoms with E-state index in [1.54, 1.807) is 0 Å². The van der Waals surface area contributed by atoms with Crippen LogP contribution < -0.4 is 5.32 Å². The number of hydrogen-bond donors (Lipinski definition) is 1. The van der Waals surface area contributed by atoms with Gasteiger partial charge in [0, 0.05) is 10.4 Å². The molecule has 1 amide bonds. The number of amides is 1. The minimum Gasteiger partial charge on any atom is -0.440 e. The SMILES string of the molecule is Cc1ccc(NC(=O)CN2CCC(c3nc4ccccc4o3)CC2)c(Br)c1. The van der Waals surface area contributed by atoms with Gasteiger partial charge in [-0.3, -0.25) is 9.69 Å². The lowest BCUT2D eigenvalue weighted by Crippen LogP contribution is -2.38. The second kappa shape index (κ2) is 7.82. The van der Waals surface area contributed by atoms with E-state index in [-0.39, 0.29) is 5.91 Å². The predicted molar refractivity (Wildman–Crippen MR) is 110 cm³/mol. The highest BCUT2D eigenvalue weighted by Crippen LogP contribution is 2.30. The van der Waals surface area contributed by atoms with Crippen molar-refractivity contribution in [3.05, 3.63) is 58.4 Å². The molecular formula is C21H22BrN3O2. The molecule has 27 heavy (non-hydrogen) atoms. The lowest BCUT2D eigenvalue weighted by Gasteiger charge is -2.29. The number of para-hydroxylation sites is 2. The minimum atomic E-state index is 0.0138. The third kappa shape index (κ3) is 4.22. The number of aryl methyl sites for hydroxylation is 1. The van der Waals surface area contributed by atoms with Crippen LogP contribution in [0.1, 0.15) is 30.2 Å². The Morgan fingerprint density at radius 2 is 2.04 bits per heavy atom. The fourth-order valence-corrected chi connectivity index (χ4v) is 4.11. The number of fused-ring (bicyclic) bond motifs is 1. The van der Waals surface area contributed by atoms with E-state index in [4.69, 9.17) is 4.42 Å². The Hall–Kier alpha value is -2.18. The zero-order valence-electron chi connectivity index (χ0n) is 15.2. The van der Waals surface area contributed by atoms with Crippen LogP contribution in [0.2, 0.25) is 0 Å². The maximum atomic E-state index is 12.4. The van der Waals surface area contributed by atoms with Crippen molar-refractivity contribution in [2.24, 2.45) is 0 Å². The summed E-state index contributed by atoms with van der Waals surface area (Å²) in [6, 6.07) is 13.8. The molecule has 1 fully saturated rings. The van der Waals surface area contributed by atoms with E-state index in [2.05, 4.69) is 31.1 Å². The number of hydrogen-bond acceptors (Lipinski definition) is 4. The summed E-state index contributed by atoms with van der Waals surface area (Å²) in [5.41, 5.74) is 3.73. The highest BCUT2D eigenvalue weighted by molar-refractivity contribution is 9.10. The fraction of sp³-hybridized carbons (Fsp3) is 0.333. The molecule has 6 heteroatoms. The van der Waals surface area contributed by atoms with Crippen LogP contribution in [-0.4, -0.2) is 35.4 Å². The van der Waals surface area contributed by atoms with Crippen molar-refractivity contribution in [3.8, 4) is 0 Å². The van der Waals surface area contributed by atoms with Gasteiger partial charge in [-0.2, -0.15) is 0 Å². The number of rotatable bonds is 4. The fourth-order valence-electron chi connectivity index (χ4n) is 3.52. The maximum Gasteiger partial charge on any atom is 0.238 e. The zero-order chi connectivity index (χ0) is 18.8. The Kier molecular flexibility index (Phi) is 5.27. The van der Waals surface area contributed by atoms with E-state index < -0.39 is 0 Å². The number of likely N-dealkylation sites (tertiary alicyclic amines) is 1. The first kappa shape index (κ1) is 18.2. The van der Waals surface area contributed by atoms with Crippen molar-refractivity contribution < 1.29 is 9.21 Å². The number of piperidine rings is 1. The van der Waals surface area contributed by atoms with Crippen LogP contribution in [0.3, 0.4) is 0 Å². The van der Waals surface area contributed by atoms with Gasteiger partial charge in [0.25, 0.3) is 0 Å². The molecule has 1 saturated heterocycles. The van der Waals surface area contributed by atoms with Crippen LogP contribution >= 0.6 is 15.9 Å². The average molecular weight is 428 g/mol. The van der Waals surface area contributed by atoms with Crippen molar-refractivity contribution in [2.75, 3.05) is 25.0 Å². The Labute approximate surface area is 166 Å². The highest BCUT2D eigenvalue weighted by Gasteiger charge is 2.25. The Morgan fingerprint density at radius 3 is 2.78 bits per heavy atom. The van der Waals surface area contributed by atoms with Crippen LogP contribution in [0.4, 0.5) is 5.69 Å². The first-order chi connectivity index (χ1) is 13.1. The van der Waals surface area contributed by atoms with Crippen LogP contribution in [0.5, 0.6) is 0 Å². The molecule has 0 aliphatic carbocycles. The quantitative estimate of drug-likeness (QED) is 0.654. The third-order valence-corrected chi connectivity index (χ3v) is 5.67. The minimum absolute atomic E-state index is 0.0138. The van der Waals surface area contributed by atoms with Gasteiger partial charge in [-0.15, -0.1) is 0 Å². The summed E-state index contributed by atoms with van der Waals surface area (Å²) in [4.78, 5) is 19.2. The van der Waals surface area contributed by atoms with Gasteiger partial charge in [-0.1, -0.05) is 18.2 Å². The summed E-state index contributed by atoms with van der Waals surface area (Å²) in [7, 11) is 0. The van der Waals surface area contributed by atoms with Gasteiger partial charge in [0.1, 0.15) is 5.52 Å². The molecule has 0 unspecified atom stereocenters. The van der Waals surface area contributed by atoms with E-state index in [1.165, 1.54) is 0 Å². The predicted octanol–water partition coefficient (Wildman–Crippen LogP) is 4.72. The molecule has 3 aromatic rings. The molecule has 4 rings (SSSR count). The second-order valence-corrected chi connectivity index (χ2v) is 7.96. The molecule has 0 atom stereocenters. The average Bonchev–Trinajstić information content (AvgIpc) is 3.09. The molecule has 0 saturated carbocycles. The Morgan fingerprint density at radius 1 is 1.26 bits per heavy atom. The molecule has 1 aliphatic rings. The van der Waals surface area contributed by atoms with Crippen LogP contribution in [0, 0.1) is 6.92 Å². The summed E-state index contributed by atoms with van der Waals surface area (Å²) in [6.45, 7) is 4.16. The number of oxazole rings is 1. The number of benzene rings is 2. The lowest BCUT2D eigenvalue weighted by molar-refractivity contribution is -0.117. The maximum absolute atomic E-state index is 12.4. The van der Waals surface area contributed by atoms with E-state index >= 15 is 0 Å². The molecule has 2 heterocycles. The van der Waals surface area contributed by atoms with Gasteiger partial charge in [0.15, 0.2) is 11.5 Å². The molecule has 2 aromatic carbocycles.